The number of hydrogen-bond acceptors (Lipinski definition) is 1. The molecule has 0 N–H and O–H groups in total. The van der Waals surface area contributed by atoms with Crippen molar-refractivity contribution in [3.05, 3.63) is 29.8 Å². The zero-order chi connectivity index (χ0) is 13.5. The molecule has 0 amide bonds. The summed E-state index contributed by atoms with van der Waals surface area (Å²) < 4.78 is 5.00. The third kappa shape index (κ3) is 15.0. The SMILES string of the molecule is CCCC.CCCC.COc1cccc(C)c1. The summed E-state index contributed by atoms with van der Waals surface area (Å²) in [6.07, 6.45) is 5.28. The van der Waals surface area contributed by atoms with Crippen molar-refractivity contribution in [3.8, 4) is 5.75 Å². The average Bonchev–Trinajstić information content (AvgIpc) is 2.39. The van der Waals surface area contributed by atoms with Gasteiger partial charge in [0.05, 0.1) is 7.11 Å². The van der Waals surface area contributed by atoms with Crippen molar-refractivity contribution in [2.24, 2.45) is 0 Å². The van der Waals surface area contributed by atoms with Gasteiger partial charge >= 0.3 is 0 Å². The molecule has 0 fully saturated rings. The lowest BCUT2D eigenvalue weighted by Crippen LogP contribution is -1.81. The van der Waals surface area contributed by atoms with Gasteiger partial charge in [0, 0.05) is 0 Å². The molecule has 0 atom stereocenters. The van der Waals surface area contributed by atoms with Gasteiger partial charge in [0.2, 0.25) is 0 Å². The van der Waals surface area contributed by atoms with Crippen molar-refractivity contribution in [1.82, 2.24) is 0 Å². The Hall–Kier alpha value is -0.980. The van der Waals surface area contributed by atoms with E-state index in [2.05, 4.69) is 27.7 Å². The Bertz CT molecular complexity index is 235. The molecule has 0 radical (unpaired) electrons. The van der Waals surface area contributed by atoms with Gasteiger partial charge in [-0.05, 0) is 24.6 Å². The summed E-state index contributed by atoms with van der Waals surface area (Å²) in [5.74, 6) is 0.926. The molecule has 0 spiro atoms. The second kappa shape index (κ2) is 15.0. The molecular weight excluding hydrogens is 208 g/mol. The zero-order valence-electron chi connectivity index (χ0n) is 12.5. The van der Waals surface area contributed by atoms with Crippen LogP contribution in [0.4, 0.5) is 0 Å². The van der Waals surface area contributed by atoms with E-state index in [1.165, 1.54) is 31.2 Å². The molecule has 1 heteroatoms. The van der Waals surface area contributed by atoms with E-state index >= 15 is 0 Å². The average molecular weight is 238 g/mol. The lowest BCUT2D eigenvalue weighted by Gasteiger charge is -1.97. The van der Waals surface area contributed by atoms with Crippen molar-refractivity contribution in [2.45, 2.75) is 60.3 Å². The standard InChI is InChI=1S/C8H10O.2C4H10/c1-7-4-3-5-8(6-7)9-2;2*1-3-4-2/h3-6H,1-2H3;2*3-4H2,1-2H3. The minimum Gasteiger partial charge on any atom is -0.497 e. The third-order valence-corrected chi connectivity index (χ3v) is 2.23. The maximum atomic E-state index is 5.00. The number of benzene rings is 1. The fraction of sp³-hybridized carbons (Fsp3) is 0.625. The highest BCUT2D eigenvalue weighted by molar-refractivity contribution is 5.27. The van der Waals surface area contributed by atoms with Crippen LogP contribution in [0, 0.1) is 6.92 Å². The van der Waals surface area contributed by atoms with Crippen LogP contribution >= 0.6 is 0 Å². The number of methoxy groups -OCH3 is 1. The molecule has 1 aromatic carbocycles. The van der Waals surface area contributed by atoms with Gasteiger partial charge in [-0.1, -0.05) is 65.5 Å². The molecule has 0 unspecified atom stereocenters. The Labute approximate surface area is 108 Å². The van der Waals surface area contributed by atoms with Crippen LogP contribution in [0.1, 0.15) is 58.9 Å². The van der Waals surface area contributed by atoms with E-state index in [1.54, 1.807) is 7.11 Å². The minimum atomic E-state index is 0.926. The molecule has 17 heavy (non-hydrogen) atoms. The van der Waals surface area contributed by atoms with E-state index in [-0.39, 0.29) is 0 Å². The molecule has 0 aliphatic heterocycles. The van der Waals surface area contributed by atoms with Crippen molar-refractivity contribution in [2.75, 3.05) is 7.11 Å². The van der Waals surface area contributed by atoms with Crippen molar-refractivity contribution >= 4 is 0 Å². The van der Waals surface area contributed by atoms with Crippen molar-refractivity contribution in [3.63, 3.8) is 0 Å². The highest BCUT2D eigenvalue weighted by atomic mass is 16.5. The van der Waals surface area contributed by atoms with Gasteiger partial charge in [0.25, 0.3) is 0 Å². The van der Waals surface area contributed by atoms with Gasteiger partial charge in [-0.15, -0.1) is 0 Å². The normalized spacial score (nSPS) is 8.35. The second-order valence-corrected chi connectivity index (χ2v) is 4.02. The van der Waals surface area contributed by atoms with Crippen molar-refractivity contribution < 1.29 is 4.74 Å². The van der Waals surface area contributed by atoms with Gasteiger partial charge < -0.3 is 4.74 Å². The maximum absolute atomic E-state index is 5.00. The minimum absolute atomic E-state index is 0.926. The van der Waals surface area contributed by atoms with Gasteiger partial charge in [-0.25, -0.2) is 0 Å². The molecule has 0 saturated heterocycles. The monoisotopic (exact) mass is 238 g/mol. The topological polar surface area (TPSA) is 9.23 Å². The lowest BCUT2D eigenvalue weighted by atomic mass is 10.2. The zero-order valence-corrected chi connectivity index (χ0v) is 12.5. The van der Waals surface area contributed by atoms with Gasteiger partial charge in [-0.3, -0.25) is 0 Å². The molecule has 0 aliphatic rings. The van der Waals surface area contributed by atoms with Crippen LogP contribution in [-0.2, 0) is 0 Å². The molecule has 100 valence electrons. The largest absolute Gasteiger partial charge is 0.497 e. The molecule has 0 aromatic heterocycles. The van der Waals surface area contributed by atoms with Gasteiger partial charge in [-0.2, -0.15) is 0 Å². The van der Waals surface area contributed by atoms with E-state index in [1.807, 2.05) is 31.2 Å². The Morgan fingerprint density at radius 1 is 0.882 bits per heavy atom. The number of hydrogen-bond donors (Lipinski definition) is 0. The summed E-state index contributed by atoms with van der Waals surface area (Å²) in [6.45, 7) is 10.8. The molecule has 0 aliphatic carbocycles. The third-order valence-electron chi connectivity index (χ3n) is 2.23. The van der Waals surface area contributed by atoms with E-state index in [9.17, 15) is 0 Å². The predicted molar refractivity (Wildman–Crippen MR) is 78.9 cm³/mol. The van der Waals surface area contributed by atoms with E-state index in [0.29, 0.717) is 0 Å². The molecule has 1 rings (SSSR count). The Morgan fingerprint density at radius 2 is 1.35 bits per heavy atom. The van der Waals surface area contributed by atoms with E-state index in [0.717, 1.165) is 5.75 Å². The summed E-state index contributed by atoms with van der Waals surface area (Å²) in [5, 5.41) is 0. The highest BCUT2D eigenvalue weighted by Crippen LogP contribution is 2.10. The Kier molecular flexibility index (Phi) is 16.2. The Morgan fingerprint density at radius 3 is 1.59 bits per heavy atom. The van der Waals surface area contributed by atoms with Crippen LogP contribution < -0.4 is 4.74 Å². The van der Waals surface area contributed by atoms with Crippen LogP contribution in [0.25, 0.3) is 0 Å². The van der Waals surface area contributed by atoms with Crippen LogP contribution in [-0.4, -0.2) is 7.11 Å². The molecule has 1 nitrogen and oxygen atoms in total. The van der Waals surface area contributed by atoms with Crippen LogP contribution in [0.15, 0.2) is 24.3 Å². The molecule has 1 aromatic rings. The maximum Gasteiger partial charge on any atom is 0.119 e. The summed E-state index contributed by atoms with van der Waals surface area (Å²) in [5.41, 5.74) is 1.23. The molecular formula is C16H30O. The predicted octanol–water partition coefficient (Wildman–Crippen LogP) is 5.62. The fourth-order valence-corrected chi connectivity index (χ4v) is 0.742. The Balaban J connectivity index is 0. The first kappa shape index (κ1) is 18.4. The van der Waals surface area contributed by atoms with Crippen molar-refractivity contribution in [1.29, 1.82) is 0 Å². The van der Waals surface area contributed by atoms with Crippen LogP contribution in [0.5, 0.6) is 5.75 Å². The fourth-order valence-electron chi connectivity index (χ4n) is 0.742. The number of unbranched alkanes of at least 4 members (excludes halogenated alkanes) is 2. The quantitative estimate of drug-likeness (QED) is 0.664. The van der Waals surface area contributed by atoms with E-state index in [4.69, 9.17) is 4.74 Å². The number of aryl methyl sites for hydroxylation is 1. The van der Waals surface area contributed by atoms with E-state index < -0.39 is 0 Å². The summed E-state index contributed by atoms with van der Waals surface area (Å²) in [4.78, 5) is 0. The first-order valence-electron chi connectivity index (χ1n) is 6.76. The summed E-state index contributed by atoms with van der Waals surface area (Å²) in [7, 11) is 1.68. The molecule has 0 heterocycles. The first-order valence-corrected chi connectivity index (χ1v) is 6.76. The van der Waals surface area contributed by atoms with Gasteiger partial charge in [0.15, 0.2) is 0 Å². The number of ether oxygens (including phenoxy) is 1. The second-order valence-electron chi connectivity index (χ2n) is 4.02. The highest BCUT2D eigenvalue weighted by Gasteiger charge is 1.86. The smallest absolute Gasteiger partial charge is 0.119 e. The van der Waals surface area contributed by atoms with Crippen LogP contribution in [0.2, 0.25) is 0 Å². The lowest BCUT2D eigenvalue weighted by molar-refractivity contribution is 0.414. The summed E-state index contributed by atoms with van der Waals surface area (Å²) in [6, 6.07) is 7.96. The molecule has 0 bridgehead atoms. The van der Waals surface area contributed by atoms with Crippen LogP contribution in [0.3, 0.4) is 0 Å². The van der Waals surface area contributed by atoms with Gasteiger partial charge in [0.1, 0.15) is 5.75 Å². The first-order chi connectivity index (χ1) is 8.15. The number of rotatable bonds is 3. The summed E-state index contributed by atoms with van der Waals surface area (Å²) >= 11 is 0. The molecule has 0 saturated carbocycles.